The number of carbonyl (C=O) groups is 1. The molecule has 0 saturated heterocycles. The number of fused-ring (bicyclic) bond motifs is 1. The van der Waals surface area contributed by atoms with Crippen LogP contribution in [0.25, 0.3) is 17.1 Å². The molecule has 2 aromatic rings. The van der Waals surface area contributed by atoms with Gasteiger partial charge in [-0.25, -0.2) is 4.79 Å². The van der Waals surface area contributed by atoms with Crippen LogP contribution in [0.3, 0.4) is 0 Å². The standard InChI is InChI=1S/C13H13NO2/c1-2-3-8-14-11-7-5-4-6-10(11)9-12(14)13(15)16/h3-9H,2H2,1H3,(H,15,16)/b8-3+. The van der Waals surface area contributed by atoms with E-state index in [1.807, 2.05) is 43.5 Å². The summed E-state index contributed by atoms with van der Waals surface area (Å²) in [6, 6.07) is 9.34. The maximum atomic E-state index is 11.1. The maximum Gasteiger partial charge on any atom is 0.352 e. The zero-order valence-corrected chi connectivity index (χ0v) is 9.05. The maximum absolute atomic E-state index is 11.1. The average molecular weight is 215 g/mol. The van der Waals surface area contributed by atoms with Gasteiger partial charge in [0.2, 0.25) is 0 Å². The second-order valence-corrected chi connectivity index (χ2v) is 3.56. The Kier molecular flexibility index (Phi) is 2.77. The molecule has 3 heteroatoms. The van der Waals surface area contributed by atoms with Crippen molar-refractivity contribution >= 4 is 23.1 Å². The van der Waals surface area contributed by atoms with E-state index in [0.29, 0.717) is 5.69 Å². The highest BCUT2D eigenvalue weighted by atomic mass is 16.4. The molecule has 0 aliphatic rings. The molecule has 0 aliphatic heterocycles. The Morgan fingerprint density at radius 1 is 1.44 bits per heavy atom. The van der Waals surface area contributed by atoms with Gasteiger partial charge in [-0.15, -0.1) is 0 Å². The lowest BCUT2D eigenvalue weighted by atomic mass is 10.2. The SMILES string of the molecule is CC/C=C/n1c(C(=O)O)cc2ccccc21. The lowest BCUT2D eigenvalue weighted by Gasteiger charge is -2.00. The molecule has 0 bridgehead atoms. The molecule has 82 valence electrons. The average Bonchev–Trinajstić information content (AvgIpc) is 2.65. The van der Waals surface area contributed by atoms with Crippen molar-refractivity contribution in [2.75, 3.05) is 0 Å². The number of hydrogen-bond donors (Lipinski definition) is 1. The van der Waals surface area contributed by atoms with Gasteiger partial charge in [-0.05, 0) is 18.6 Å². The fourth-order valence-corrected chi connectivity index (χ4v) is 1.71. The number of hydrogen-bond acceptors (Lipinski definition) is 1. The third kappa shape index (κ3) is 1.72. The Hall–Kier alpha value is -2.03. The summed E-state index contributed by atoms with van der Waals surface area (Å²) in [6.07, 6.45) is 4.64. The first kappa shape index (κ1) is 10.5. The summed E-state index contributed by atoms with van der Waals surface area (Å²) < 4.78 is 1.71. The second kappa shape index (κ2) is 4.23. The Bertz CT molecular complexity index is 552. The molecule has 0 amide bonds. The summed E-state index contributed by atoms with van der Waals surface area (Å²) in [6.45, 7) is 2.02. The van der Waals surface area contributed by atoms with E-state index in [1.54, 1.807) is 10.6 Å². The van der Waals surface area contributed by atoms with Crippen LogP contribution in [-0.2, 0) is 0 Å². The molecule has 0 spiro atoms. The Morgan fingerprint density at radius 2 is 2.19 bits per heavy atom. The summed E-state index contributed by atoms with van der Waals surface area (Å²) in [5, 5.41) is 10.1. The van der Waals surface area contributed by atoms with E-state index in [2.05, 4.69) is 0 Å². The molecule has 16 heavy (non-hydrogen) atoms. The van der Waals surface area contributed by atoms with Crippen molar-refractivity contribution in [1.82, 2.24) is 4.57 Å². The van der Waals surface area contributed by atoms with E-state index >= 15 is 0 Å². The molecule has 0 unspecified atom stereocenters. The van der Waals surface area contributed by atoms with E-state index in [-0.39, 0.29) is 0 Å². The quantitative estimate of drug-likeness (QED) is 0.854. The fourth-order valence-electron chi connectivity index (χ4n) is 1.71. The largest absolute Gasteiger partial charge is 0.477 e. The number of aromatic carboxylic acids is 1. The van der Waals surface area contributed by atoms with E-state index in [9.17, 15) is 4.79 Å². The number of carboxylic acid groups (broad SMARTS) is 1. The minimum Gasteiger partial charge on any atom is -0.477 e. The molecule has 1 heterocycles. The van der Waals surface area contributed by atoms with Gasteiger partial charge in [-0.2, -0.15) is 0 Å². The van der Waals surface area contributed by atoms with Crippen LogP contribution in [-0.4, -0.2) is 15.6 Å². The second-order valence-electron chi connectivity index (χ2n) is 3.56. The van der Waals surface area contributed by atoms with Crippen molar-refractivity contribution in [3.05, 3.63) is 42.1 Å². The van der Waals surface area contributed by atoms with Crippen LogP contribution in [0.2, 0.25) is 0 Å². The van der Waals surface area contributed by atoms with Gasteiger partial charge in [-0.1, -0.05) is 31.2 Å². The number of carboxylic acids is 1. The molecular weight excluding hydrogens is 202 g/mol. The molecule has 0 fully saturated rings. The molecule has 3 nitrogen and oxygen atoms in total. The highest BCUT2D eigenvalue weighted by molar-refractivity contribution is 5.96. The first-order chi connectivity index (χ1) is 7.74. The first-order valence-corrected chi connectivity index (χ1v) is 5.24. The number of para-hydroxylation sites is 1. The van der Waals surface area contributed by atoms with E-state index < -0.39 is 5.97 Å². The van der Waals surface area contributed by atoms with Crippen LogP contribution in [0.1, 0.15) is 23.8 Å². The smallest absolute Gasteiger partial charge is 0.352 e. The number of aromatic nitrogens is 1. The molecular formula is C13H13NO2. The molecule has 1 aromatic heterocycles. The molecule has 0 radical (unpaired) electrons. The van der Waals surface area contributed by atoms with Gasteiger partial charge in [-0.3, -0.25) is 0 Å². The van der Waals surface area contributed by atoms with Crippen molar-refractivity contribution in [2.45, 2.75) is 13.3 Å². The van der Waals surface area contributed by atoms with Gasteiger partial charge < -0.3 is 9.67 Å². The van der Waals surface area contributed by atoms with Gasteiger partial charge in [0, 0.05) is 11.6 Å². The molecule has 1 aromatic carbocycles. The van der Waals surface area contributed by atoms with Crippen molar-refractivity contribution in [3.8, 4) is 0 Å². The van der Waals surface area contributed by atoms with Gasteiger partial charge in [0.1, 0.15) is 5.69 Å². The van der Waals surface area contributed by atoms with Crippen molar-refractivity contribution in [2.24, 2.45) is 0 Å². The molecule has 2 rings (SSSR count). The predicted octanol–water partition coefficient (Wildman–Crippen LogP) is 3.22. The van der Waals surface area contributed by atoms with Gasteiger partial charge in [0.05, 0.1) is 5.52 Å². The van der Waals surface area contributed by atoms with Crippen LogP contribution in [0, 0.1) is 0 Å². The van der Waals surface area contributed by atoms with Gasteiger partial charge >= 0.3 is 5.97 Å². The topological polar surface area (TPSA) is 42.2 Å². The monoisotopic (exact) mass is 215 g/mol. The zero-order chi connectivity index (χ0) is 11.5. The molecule has 1 N–H and O–H groups in total. The lowest BCUT2D eigenvalue weighted by molar-refractivity contribution is 0.0689. The van der Waals surface area contributed by atoms with Crippen LogP contribution in [0.15, 0.2) is 36.4 Å². The highest BCUT2D eigenvalue weighted by Crippen LogP contribution is 2.20. The number of allylic oxidation sites excluding steroid dienone is 1. The van der Waals surface area contributed by atoms with E-state index in [4.69, 9.17) is 5.11 Å². The van der Waals surface area contributed by atoms with Gasteiger partial charge in [0.25, 0.3) is 0 Å². The minimum absolute atomic E-state index is 0.297. The Labute approximate surface area is 93.6 Å². The van der Waals surface area contributed by atoms with Crippen LogP contribution in [0.4, 0.5) is 0 Å². The third-order valence-electron chi connectivity index (χ3n) is 2.46. The Balaban J connectivity index is 2.69. The summed E-state index contributed by atoms with van der Waals surface area (Å²) in [7, 11) is 0. The van der Waals surface area contributed by atoms with Crippen molar-refractivity contribution in [3.63, 3.8) is 0 Å². The summed E-state index contributed by atoms with van der Waals surface area (Å²) in [5.41, 5.74) is 1.22. The highest BCUT2D eigenvalue weighted by Gasteiger charge is 2.11. The van der Waals surface area contributed by atoms with Gasteiger partial charge in [0.15, 0.2) is 0 Å². The van der Waals surface area contributed by atoms with Crippen molar-refractivity contribution in [1.29, 1.82) is 0 Å². The predicted molar refractivity (Wildman–Crippen MR) is 64.5 cm³/mol. The van der Waals surface area contributed by atoms with Crippen molar-refractivity contribution < 1.29 is 9.90 Å². The van der Waals surface area contributed by atoms with E-state index in [1.165, 1.54) is 0 Å². The number of benzene rings is 1. The van der Waals surface area contributed by atoms with E-state index in [0.717, 1.165) is 17.3 Å². The Morgan fingerprint density at radius 3 is 2.88 bits per heavy atom. The molecule has 0 saturated carbocycles. The number of nitrogens with zero attached hydrogens (tertiary/aromatic N) is 1. The fraction of sp³-hybridized carbons (Fsp3) is 0.154. The van der Waals surface area contributed by atoms with Crippen LogP contribution >= 0.6 is 0 Å². The summed E-state index contributed by atoms with van der Waals surface area (Å²) in [4.78, 5) is 11.1. The molecule has 0 atom stereocenters. The normalized spacial score (nSPS) is 11.3. The lowest BCUT2D eigenvalue weighted by Crippen LogP contribution is -2.02. The van der Waals surface area contributed by atoms with Crippen LogP contribution < -0.4 is 0 Å². The third-order valence-corrected chi connectivity index (χ3v) is 2.46. The number of rotatable bonds is 3. The first-order valence-electron chi connectivity index (χ1n) is 5.24. The zero-order valence-electron chi connectivity index (χ0n) is 9.05. The summed E-state index contributed by atoms with van der Waals surface area (Å²) in [5.74, 6) is -0.906. The molecule has 0 aliphatic carbocycles. The summed E-state index contributed by atoms with van der Waals surface area (Å²) >= 11 is 0. The van der Waals surface area contributed by atoms with Crippen LogP contribution in [0.5, 0.6) is 0 Å². The minimum atomic E-state index is -0.906.